The van der Waals surface area contributed by atoms with Gasteiger partial charge in [-0.2, -0.15) is 4.98 Å². The van der Waals surface area contributed by atoms with E-state index in [-0.39, 0.29) is 0 Å². The van der Waals surface area contributed by atoms with E-state index in [1.165, 1.54) is 12.8 Å². The topological polar surface area (TPSA) is 51.0 Å². The molecule has 2 rings (SSSR count). The third kappa shape index (κ3) is 1.58. The van der Waals surface area contributed by atoms with Gasteiger partial charge >= 0.3 is 0 Å². The largest absolute Gasteiger partial charge is 0.339 e. The Balaban J connectivity index is 2.15. The van der Waals surface area contributed by atoms with Crippen LogP contribution in [0.4, 0.5) is 0 Å². The van der Waals surface area contributed by atoms with Gasteiger partial charge in [0.2, 0.25) is 5.89 Å². The molecule has 2 atom stereocenters. The Bertz CT molecular complexity index is 284. The smallest absolute Gasteiger partial charge is 0.231 e. The van der Waals surface area contributed by atoms with Crippen molar-refractivity contribution in [1.82, 2.24) is 15.5 Å². The number of nitrogens with zero attached hydrogens (tertiary/aromatic N) is 2. The van der Waals surface area contributed by atoms with Gasteiger partial charge in [0, 0.05) is 6.04 Å². The highest BCUT2D eigenvalue weighted by Crippen LogP contribution is 2.33. The van der Waals surface area contributed by atoms with E-state index in [2.05, 4.69) is 15.5 Å². The molecule has 1 N–H and O–H groups in total. The van der Waals surface area contributed by atoms with Crippen LogP contribution < -0.4 is 5.32 Å². The number of likely N-dealkylation sites (N-methyl/N-ethyl adjacent to an activating group) is 1. The summed E-state index contributed by atoms with van der Waals surface area (Å²) in [5.74, 6) is 1.96. The molecule has 0 bridgehead atoms. The fourth-order valence-electron chi connectivity index (χ4n) is 2.06. The summed E-state index contributed by atoms with van der Waals surface area (Å²) in [6, 6.07) is 0.514. The monoisotopic (exact) mass is 181 g/mol. The van der Waals surface area contributed by atoms with Crippen LogP contribution in [-0.2, 0) is 0 Å². The number of aryl methyl sites for hydroxylation is 1. The molecule has 1 fully saturated rings. The predicted molar refractivity (Wildman–Crippen MR) is 48.5 cm³/mol. The molecule has 0 aromatic carbocycles. The quantitative estimate of drug-likeness (QED) is 0.745. The molecule has 1 aliphatic carbocycles. The van der Waals surface area contributed by atoms with Crippen LogP contribution in [0.3, 0.4) is 0 Å². The maximum Gasteiger partial charge on any atom is 0.231 e. The van der Waals surface area contributed by atoms with Gasteiger partial charge in [0.05, 0.1) is 5.92 Å². The van der Waals surface area contributed by atoms with Crippen molar-refractivity contribution in [2.24, 2.45) is 0 Å². The highest BCUT2D eigenvalue weighted by molar-refractivity contribution is 5.01. The zero-order valence-electron chi connectivity index (χ0n) is 8.08. The van der Waals surface area contributed by atoms with Crippen molar-refractivity contribution in [3.05, 3.63) is 11.7 Å². The van der Waals surface area contributed by atoms with Gasteiger partial charge in [-0.1, -0.05) is 11.6 Å². The Morgan fingerprint density at radius 2 is 2.31 bits per heavy atom. The Labute approximate surface area is 77.7 Å². The second-order valence-corrected chi connectivity index (χ2v) is 3.61. The molecular weight excluding hydrogens is 166 g/mol. The van der Waals surface area contributed by atoms with E-state index >= 15 is 0 Å². The minimum atomic E-state index is 0.422. The lowest BCUT2D eigenvalue weighted by Crippen LogP contribution is -2.27. The zero-order valence-corrected chi connectivity index (χ0v) is 8.08. The first-order chi connectivity index (χ1) is 6.31. The molecule has 4 nitrogen and oxygen atoms in total. The van der Waals surface area contributed by atoms with Crippen LogP contribution in [0, 0.1) is 6.92 Å². The summed E-state index contributed by atoms with van der Waals surface area (Å²) in [6.07, 6.45) is 3.62. The summed E-state index contributed by atoms with van der Waals surface area (Å²) >= 11 is 0. The van der Waals surface area contributed by atoms with Gasteiger partial charge < -0.3 is 9.84 Å². The SMILES string of the molecule is CN[C@H]1CCC[C@@H]1c1nc(C)no1. The normalized spacial score (nSPS) is 28.2. The fraction of sp³-hybridized carbons (Fsp3) is 0.778. The van der Waals surface area contributed by atoms with Gasteiger partial charge in [-0.3, -0.25) is 0 Å². The highest BCUT2D eigenvalue weighted by Gasteiger charge is 2.31. The number of hydrogen-bond acceptors (Lipinski definition) is 4. The van der Waals surface area contributed by atoms with Crippen LogP contribution in [0.2, 0.25) is 0 Å². The van der Waals surface area contributed by atoms with Crippen molar-refractivity contribution in [1.29, 1.82) is 0 Å². The van der Waals surface area contributed by atoms with E-state index in [9.17, 15) is 0 Å². The summed E-state index contributed by atoms with van der Waals surface area (Å²) < 4.78 is 5.18. The molecule has 0 amide bonds. The summed E-state index contributed by atoms with van der Waals surface area (Å²) in [4.78, 5) is 4.27. The third-order valence-electron chi connectivity index (χ3n) is 2.75. The standard InChI is InChI=1S/C9H15N3O/c1-6-11-9(13-12-6)7-4-3-5-8(7)10-2/h7-8,10H,3-5H2,1-2H3/t7-,8-/m0/s1. The van der Waals surface area contributed by atoms with Crippen LogP contribution in [0.25, 0.3) is 0 Å². The van der Waals surface area contributed by atoms with Crippen molar-refractivity contribution < 1.29 is 4.52 Å². The second kappa shape index (κ2) is 3.46. The fourth-order valence-corrected chi connectivity index (χ4v) is 2.06. The molecule has 72 valence electrons. The molecule has 0 unspecified atom stereocenters. The van der Waals surface area contributed by atoms with E-state index in [0.29, 0.717) is 12.0 Å². The van der Waals surface area contributed by atoms with Gasteiger partial charge in [-0.25, -0.2) is 0 Å². The first kappa shape index (κ1) is 8.69. The van der Waals surface area contributed by atoms with Crippen LogP contribution in [-0.4, -0.2) is 23.2 Å². The number of rotatable bonds is 2. The Morgan fingerprint density at radius 3 is 2.92 bits per heavy atom. The number of hydrogen-bond donors (Lipinski definition) is 1. The first-order valence-electron chi connectivity index (χ1n) is 4.78. The summed E-state index contributed by atoms with van der Waals surface area (Å²) in [5.41, 5.74) is 0. The van der Waals surface area contributed by atoms with Crippen molar-refractivity contribution in [3.63, 3.8) is 0 Å². The first-order valence-corrected chi connectivity index (χ1v) is 4.78. The zero-order chi connectivity index (χ0) is 9.26. The van der Waals surface area contributed by atoms with Gasteiger partial charge in [0.25, 0.3) is 0 Å². The van der Waals surface area contributed by atoms with E-state index in [0.717, 1.165) is 18.1 Å². The molecule has 13 heavy (non-hydrogen) atoms. The van der Waals surface area contributed by atoms with Crippen LogP contribution >= 0.6 is 0 Å². The average molecular weight is 181 g/mol. The Kier molecular flexibility index (Phi) is 2.31. The van der Waals surface area contributed by atoms with Crippen molar-refractivity contribution in [2.45, 2.75) is 38.1 Å². The molecule has 1 aromatic heterocycles. The van der Waals surface area contributed by atoms with Crippen LogP contribution in [0.1, 0.15) is 36.9 Å². The molecule has 1 aromatic rings. The summed E-state index contributed by atoms with van der Waals surface area (Å²) in [7, 11) is 1.99. The molecule has 1 heterocycles. The van der Waals surface area contributed by atoms with Crippen molar-refractivity contribution in [2.75, 3.05) is 7.05 Å². The molecule has 0 spiro atoms. The van der Waals surface area contributed by atoms with Gasteiger partial charge in [0.15, 0.2) is 5.82 Å². The second-order valence-electron chi connectivity index (χ2n) is 3.61. The van der Waals surface area contributed by atoms with E-state index in [1.54, 1.807) is 0 Å². The molecule has 0 saturated heterocycles. The van der Waals surface area contributed by atoms with Crippen LogP contribution in [0.15, 0.2) is 4.52 Å². The van der Waals surface area contributed by atoms with Gasteiger partial charge in [0.1, 0.15) is 0 Å². The maximum atomic E-state index is 5.18. The lowest BCUT2D eigenvalue weighted by atomic mass is 10.0. The molecule has 0 aliphatic heterocycles. The Hall–Kier alpha value is -0.900. The van der Waals surface area contributed by atoms with E-state index in [4.69, 9.17) is 4.52 Å². The minimum absolute atomic E-state index is 0.422. The van der Waals surface area contributed by atoms with E-state index in [1.807, 2.05) is 14.0 Å². The number of nitrogens with one attached hydrogen (secondary N) is 1. The van der Waals surface area contributed by atoms with Crippen molar-refractivity contribution >= 4 is 0 Å². The Morgan fingerprint density at radius 1 is 1.46 bits per heavy atom. The maximum absolute atomic E-state index is 5.18. The lowest BCUT2D eigenvalue weighted by molar-refractivity contribution is 0.333. The number of aromatic nitrogens is 2. The molecule has 1 saturated carbocycles. The molecule has 0 radical (unpaired) electrons. The van der Waals surface area contributed by atoms with E-state index < -0.39 is 0 Å². The summed E-state index contributed by atoms with van der Waals surface area (Å²) in [6.45, 7) is 1.86. The predicted octanol–water partition coefficient (Wildman–Crippen LogP) is 1.23. The molecular formula is C9H15N3O. The van der Waals surface area contributed by atoms with Gasteiger partial charge in [-0.05, 0) is 26.8 Å². The van der Waals surface area contributed by atoms with Crippen LogP contribution in [0.5, 0.6) is 0 Å². The van der Waals surface area contributed by atoms with Gasteiger partial charge in [-0.15, -0.1) is 0 Å². The lowest BCUT2D eigenvalue weighted by Gasteiger charge is -2.14. The average Bonchev–Trinajstić information content (AvgIpc) is 2.71. The third-order valence-corrected chi connectivity index (χ3v) is 2.75. The highest BCUT2D eigenvalue weighted by atomic mass is 16.5. The minimum Gasteiger partial charge on any atom is -0.339 e. The molecule has 1 aliphatic rings. The molecule has 4 heteroatoms. The summed E-state index contributed by atoms with van der Waals surface area (Å²) in [5, 5.41) is 7.11. The van der Waals surface area contributed by atoms with Crippen molar-refractivity contribution in [3.8, 4) is 0 Å².